The molecule has 0 fully saturated rings. The average molecular weight is 393 g/mol. The largest absolute Gasteiger partial charge is 0.479 e. The predicted octanol–water partition coefficient (Wildman–Crippen LogP) is 2.07. The number of carboxylic acid groups (broad SMARTS) is 1. The second kappa shape index (κ2) is 7.91. The number of aryl methyl sites for hydroxylation is 1. The van der Waals surface area contributed by atoms with E-state index in [4.69, 9.17) is 0 Å². The molecule has 2 aromatic rings. The summed E-state index contributed by atoms with van der Waals surface area (Å²) in [4.78, 5) is 23.6. The number of hydrogen-bond acceptors (Lipinski definition) is 5. The molecule has 1 aromatic heterocycles. The van der Waals surface area contributed by atoms with E-state index in [1.807, 2.05) is 0 Å². The Balaban J connectivity index is 1.94. The molecule has 2 rings (SSSR count). The number of sulfone groups is 1. The van der Waals surface area contributed by atoms with E-state index in [-0.39, 0.29) is 23.0 Å². The molecule has 1 heterocycles. The highest BCUT2D eigenvalue weighted by molar-refractivity contribution is 7.91. The Morgan fingerprint density at radius 1 is 1.22 bits per heavy atom. The minimum atomic E-state index is -3.23. The van der Waals surface area contributed by atoms with Crippen LogP contribution in [0.15, 0.2) is 41.6 Å². The topological polar surface area (TPSA) is 118 Å². The van der Waals surface area contributed by atoms with Gasteiger partial charge in [-0.05, 0) is 38.0 Å². The van der Waals surface area contributed by atoms with Crippen molar-refractivity contribution < 1.29 is 23.1 Å². The number of aromatic nitrogens is 2. The molecule has 8 nitrogen and oxygen atoms in total. The van der Waals surface area contributed by atoms with Crippen molar-refractivity contribution >= 4 is 27.4 Å². The summed E-state index contributed by atoms with van der Waals surface area (Å²) in [6, 6.07) is 6.49. The normalized spacial score (nSPS) is 12.0. The molecule has 9 heteroatoms. The standard InChI is InChI=1S/C18H23N3O5S/c1-4-27(25,26)15-8-5-13(6-9-15)7-10-16(22)20-14-11-19-21(12-14)18(2,3)17(23)24/h5-6,8-9,11-12H,4,7,10H2,1-3H3,(H,20,22)(H,23,24). The number of carboxylic acids is 1. The zero-order chi connectivity index (χ0) is 20.2. The summed E-state index contributed by atoms with van der Waals surface area (Å²) in [5.41, 5.74) is 0.0467. The van der Waals surface area contributed by atoms with Crippen molar-refractivity contribution in [3.05, 3.63) is 42.2 Å². The van der Waals surface area contributed by atoms with E-state index in [9.17, 15) is 23.1 Å². The highest BCUT2D eigenvalue weighted by atomic mass is 32.2. The van der Waals surface area contributed by atoms with Gasteiger partial charge in [-0.3, -0.25) is 9.48 Å². The molecule has 0 atom stereocenters. The van der Waals surface area contributed by atoms with E-state index in [1.54, 1.807) is 31.2 Å². The van der Waals surface area contributed by atoms with Gasteiger partial charge < -0.3 is 10.4 Å². The Labute approximate surface area is 158 Å². The van der Waals surface area contributed by atoms with Crippen molar-refractivity contribution in [2.75, 3.05) is 11.1 Å². The quantitative estimate of drug-likeness (QED) is 0.709. The molecular formula is C18H23N3O5S. The first kappa shape index (κ1) is 20.6. The summed E-state index contributed by atoms with van der Waals surface area (Å²) < 4.78 is 24.9. The first-order chi connectivity index (χ1) is 12.6. The number of nitrogens with zero attached hydrogens (tertiary/aromatic N) is 2. The Hall–Kier alpha value is -2.68. The fourth-order valence-corrected chi connectivity index (χ4v) is 3.19. The molecule has 146 valence electrons. The third-order valence-electron chi connectivity index (χ3n) is 4.27. The molecular weight excluding hydrogens is 370 g/mol. The molecule has 1 aromatic carbocycles. The Morgan fingerprint density at radius 2 is 1.85 bits per heavy atom. The maximum atomic E-state index is 12.1. The lowest BCUT2D eigenvalue weighted by atomic mass is 10.1. The van der Waals surface area contributed by atoms with Gasteiger partial charge in [-0.15, -0.1) is 0 Å². The highest BCUT2D eigenvalue weighted by Crippen LogP contribution is 2.18. The van der Waals surface area contributed by atoms with Crippen molar-refractivity contribution in [2.45, 2.75) is 44.0 Å². The molecule has 0 unspecified atom stereocenters. The number of carbonyl (C=O) groups is 2. The van der Waals surface area contributed by atoms with Gasteiger partial charge in [-0.25, -0.2) is 13.2 Å². The molecule has 2 N–H and O–H groups in total. The molecule has 27 heavy (non-hydrogen) atoms. The second-order valence-corrected chi connectivity index (χ2v) is 8.91. The summed E-state index contributed by atoms with van der Waals surface area (Å²) in [5, 5.41) is 15.9. The van der Waals surface area contributed by atoms with E-state index >= 15 is 0 Å². The van der Waals surface area contributed by atoms with Crippen LogP contribution in [-0.2, 0) is 31.4 Å². The van der Waals surface area contributed by atoms with Crippen molar-refractivity contribution in [1.82, 2.24) is 9.78 Å². The van der Waals surface area contributed by atoms with Crippen LogP contribution in [0.2, 0.25) is 0 Å². The van der Waals surface area contributed by atoms with E-state index in [0.29, 0.717) is 12.1 Å². The lowest BCUT2D eigenvalue weighted by Crippen LogP contribution is -2.35. The van der Waals surface area contributed by atoms with Gasteiger partial charge in [-0.1, -0.05) is 19.1 Å². The van der Waals surface area contributed by atoms with Crippen LogP contribution < -0.4 is 5.32 Å². The summed E-state index contributed by atoms with van der Waals surface area (Å²) in [7, 11) is -3.23. The summed E-state index contributed by atoms with van der Waals surface area (Å²) in [5.74, 6) is -1.23. The van der Waals surface area contributed by atoms with Crippen molar-refractivity contribution in [1.29, 1.82) is 0 Å². The summed E-state index contributed by atoms with van der Waals surface area (Å²) in [6.45, 7) is 4.61. The van der Waals surface area contributed by atoms with Crippen LogP contribution in [0.5, 0.6) is 0 Å². The highest BCUT2D eigenvalue weighted by Gasteiger charge is 2.30. The van der Waals surface area contributed by atoms with E-state index in [1.165, 1.54) is 30.9 Å². The van der Waals surface area contributed by atoms with Gasteiger partial charge in [0.1, 0.15) is 0 Å². The number of aliphatic carboxylic acids is 1. The molecule has 0 radical (unpaired) electrons. The van der Waals surface area contributed by atoms with Gasteiger partial charge in [0.2, 0.25) is 5.91 Å². The molecule has 0 bridgehead atoms. The van der Waals surface area contributed by atoms with Crippen LogP contribution >= 0.6 is 0 Å². The van der Waals surface area contributed by atoms with Crippen LogP contribution in [-0.4, -0.2) is 40.9 Å². The van der Waals surface area contributed by atoms with Crippen LogP contribution in [0.4, 0.5) is 5.69 Å². The number of benzene rings is 1. The zero-order valence-electron chi connectivity index (χ0n) is 15.5. The molecule has 0 saturated heterocycles. The zero-order valence-corrected chi connectivity index (χ0v) is 16.3. The number of anilines is 1. The van der Waals surface area contributed by atoms with Crippen LogP contribution in [0.25, 0.3) is 0 Å². The number of amides is 1. The van der Waals surface area contributed by atoms with Crippen LogP contribution in [0.1, 0.15) is 32.8 Å². The van der Waals surface area contributed by atoms with E-state index in [0.717, 1.165) is 5.56 Å². The SMILES string of the molecule is CCS(=O)(=O)c1ccc(CCC(=O)Nc2cnn(C(C)(C)C(=O)O)c2)cc1. The minimum absolute atomic E-state index is 0.0428. The van der Waals surface area contributed by atoms with E-state index < -0.39 is 21.3 Å². The maximum Gasteiger partial charge on any atom is 0.331 e. The molecule has 0 saturated carbocycles. The van der Waals surface area contributed by atoms with Crippen LogP contribution in [0.3, 0.4) is 0 Å². The van der Waals surface area contributed by atoms with Gasteiger partial charge >= 0.3 is 5.97 Å². The fourth-order valence-electron chi connectivity index (χ4n) is 2.30. The van der Waals surface area contributed by atoms with Gasteiger partial charge in [-0.2, -0.15) is 5.10 Å². The van der Waals surface area contributed by atoms with Gasteiger partial charge in [0.15, 0.2) is 15.4 Å². The molecule has 0 aliphatic carbocycles. The van der Waals surface area contributed by atoms with Gasteiger partial charge in [0, 0.05) is 12.6 Å². The molecule has 0 aliphatic heterocycles. The Kier molecular flexibility index (Phi) is 6.04. The molecule has 0 aliphatic rings. The van der Waals surface area contributed by atoms with Gasteiger partial charge in [0.05, 0.1) is 22.5 Å². The summed E-state index contributed by atoms with van der Waals surface area (Å²) in [6.07, 6.45) is 3.52. The predicted molar refractivity (Wildman–Crippen MR) is 100 cm³/mol. The average Bonchev–Trinajstić information content (AvgIpc) is 3.09. The van der Waals surface area contributed by atoms with Crippen molar-refractivity contribution in [3.8, 4) is 0 Å². The Bertz CT molecular complexity index is 930. The molecule has 1 amide bonds. The van der Waals surface area contributed by atoms with Crippen LogP contribution in [0, 0.1) is 0 Å². The first-order valence-corrected chi connectivity index (χ1v) is 10.1. The molecule has 0 spiro atoms. The first-order valence-electron chi connectivity index (χ1n) is 8.46. The van der Waals surface area contributed by atoms with Crippen molar-refractivity contribution in [2.24, 2.45) is 0 Å². The third kappa shape index (κ3) is 4.94. The smallest absolute Gasteiger partial charge is 0.331 e. The minimum Gasteiger partial charge on any atom is -0.479 e. The lowest BCUT2D eigenvalue weighted by Gasteiger charge is -2.19. The number of rotatable bonds is 8. The lowest BCUT2D eigenvalue weighted by molar-refractivity contribution is -0.146. The Morgan fingerprint density at radius 3 is 2.41 bits per heavy atom. The van der Waals surface area contributed by atoms with Crippen molar-refractivity contribution in [3.63, 3.8) is 0 Å². The number of hydrogen-bond donors (Lipinski definition) is 2. The fraction of sp³-hybridized carbons (Fsp3) is 0.389. The monoisotopic (exact) mass is 393 g/mol. The summed E-state index contributed by atoms with van der Waals surface area (Å²) >= 11 is 0. The van der Waals surface area contributed by atoms with E-state index in [2.05, 4.69) is 10.4 Å². The number of nitrogens with one attached hydrogen (secondary N) is 1. The second-order valence-electron chi connectivity index (χ2n) is 6.63. The number of carbonyl (C=O) groups excluding carboxylic acids is 1. The maximum absolute atomic E-state index is 12.1. The van der Waals surface area contributed by atoms with Gasteiger partial charge in [0.25, 0.3) is 0 Å². The third-order valence-corrected chi connectivity index (χ3v) is 6.02.